The molecule has 0 aromatic heterocycles. The minimum atomic E-state index is -0.568. The fourth-order valence-corrected chi connectivity index (χ4v) is 6.71. The average Bonchev–Trinajstić information content (AvgIpc) is 2.85. The number of aliphatic hydroxyl groups is 1. The van der Waals surface area contributed by atoms with Crippen LogP contribution in [0.5, 0.6) is 5.75 Å². The summed E-state index contributed by atoms with van der Waals surface area (Å²) in [5.41, 5.74) is 1.53. The highest BCUT2D eigenvalue weighted by Gasteiger charge is 2.53. The second-order valence-corrected chi connectivity index (χ2v) is 12.2. The van der Waals surface area contributed by atoms with E-state index < -0.39 is 6.10 Å². The summed E-state index contributed by atoms with van der Waals surface area (Å²) in [5, 5.41) is 12.5. The second-order valence-electron chi connectivity index (χ2n) is 11.4. The maximum atomic E-state index is 13.8. The molecule has 2 fully saturated rings. The fraction of sp³-hybridized carbons (Fsp3) is 0.533. The van der Waals surface area contributed by atoms with Gasteiger partial charge in [-0.2, -0.15) is 0 Å². The predicted octanol–water partition coefficient (Wildman–Crippen LogP) is 5.36. The highest BCUT2D eigenvalue weighted by Crippen LogP contribution is 2.50. The molecule has 0 spiro atoms. The van der Waals surface area contributed by atoms with Crippen LogP contribution >= 0.6 is 23.2 Å². The van der Waals surface area contributed by atoms with E-state index in [1.54, 1.807) is 18.2 Å². The molecule has 4 unspecified atom stereocenters. The molecule has 1 saturated heterocycles. The first-order valence-electron chi connectivity index (χ1n) is 13.4. The summed E-state index contributed by atoms with van der Waals surface area (Å²) in [4.78, 5) is 29.7. The molecule has 1 saturated carbocycles. The van der Waals surface area contributed by atoms with Gasteiger partial charge in [-0.25, -0.2) is 0 Å². The zero-order valence-electron chi connectivity index (χ0n) is 22.6. The number of esters is 1. The number of fused-ring (bicyclic) bond motifs is 1. The van der Waals surface area contributed by atoms with Gasteiger partial charge in [-0.1, -0.05) is 55.2 Å². The molecule has 2 aromatic carbocycles. The van der Waals surface area contributed by atoms with Crippen molar-refractivity contribution in [1.82, 2.24) is 9.80 Å². The van der Waals surface area contributed by atoms with Crippen molar-refractivity contribution >= 4 is 35.1 Å². The van der Waals surface area contributed by atoms with E-state index in [9.17, 15) is 14.7 Å². The molecule has 0 radical (unpaired) electrons. The number of carbonyl (C=O) groups is 2. The van der Waals surface area contributed by atoms with Gasteiger partial charge in [-0.15, -0.1) is 0 Å². The fourth-order valence-electron chi connectivity index (χ4n) is 6.39. The molecule has 206 valence electrons. The Bertz CT molecular complexity index is 1170. The Hall–Kier alpha value is -2.12. The zero-order valence-corrected chi connectivity index (χ0v) is 24.1. The van der Waals surface area contributed by atoms with E-state index in [1.807, 2.05) is 23.1 Å². The normalized spacial score (nSPS) is 25.6. The third kappa shape index (κ3) is 6.36. The second kappa shape index (κ2) is 12.0. The Kier molecular flexibility index (Phi) is 9.08. The van der Waals surface area contributed by atoms with E-state index in [4.69, 9.17) is 27.9 Å². The van der Waals surface area contributed by atoms with Crippen molar-refractivity contribution in [3.8, 4) is 5.75 Å². The van der Waals surface area contributed by atoms with Gasteiger partial charge in [0.25, 0.3) is 0 Å². The molecule has 1 aliphatic heterocycles. The van der Waals surface area contributed by atoms with Crippen LogP contribution in [0.15, 0.2) is 42.5 Å². The Morgan fingerprint density at radius 1 is 1.18 bits per heavy atom. The Labute approximate surface area is 235 Å². The Morgan fingerprint density at radius 2 is 1.95 bits per heavy atom. The van der Waals surface area contributed by atoms with Gasteiger partial charge in [0.15, 0.2) is 0 Å². The number of hydrogen-bond acceptors (Lipinski definition) is 5. The van der Waals surface area contributed by atoms with E-state index >= 15 is 0 Å². The third-order valence-corrected chi connectivity index (χ3v) is 8.81. The number of nitrogens with zero attached hydrogens (tertiary/aromatic N) is 2. The smallest absolute Gasteiger partial charge is 0.308 e. The number of halogens is 2. The maximum Gasteiger partial charge on any atom is 0.308 e. The number of rotatable bonds is 7. The molecule has 1 N–H and O–H groups in total. The number of benzene rings is 2. The molecule has 1 aliphatic carbocycles. The molecule has 38 heavy (non-hydrogen) atoms. The minimum Gasteiger partial charge on any atom is -0.427 e. The van der Waals surface area contributed by atoms with Gasteiger partial charge in [0, 0.05) is 37.4 Å². The lowest BCUT2D eigenvalue weighted by molar-refractivity contribution is -0.138. The Morgan fingerprint density at radius 3 is 2.63 bits per heavy atom. The van der Waals surface area contributed by atoms with E-state index in [-0.39, 0.29) is 41.6 Å². The van der Waals surface area contributed by atoms with Crippen LogP contribution in [0.4, 0.5) is 0 Å². The molecular weight excluding hydrogens is 523 g/mol. The molecular formula is C30H38Cl2N2O4. The number of carbonyl (C=O) groups excluding carboxylic acids is 2. The Balaban J connectivity index is 1.69. The number of amides is 1. The van der Waals surface area contributed by atoms with Gasteiger partial charge in [0.05, 0.1) is 22.6 Å². The monoisotopic (exact) mass is 560 g/mol. The SMILES string of the molecule is CC(=O)Oc1cccc(C23CCN(C)CC2C(O)CC(N(CC(C)C)C(=O)Cc2ccc(Cl)c(Cl)c2)C3)c1. The van der Waals surface area contributed by atoms with Crippen molar-refractivity contribution < 1.29 is 19.4 Å². The summed E-state index contributed by atoms with van der Waals surface area (Å²) in [6, 6.07) is 12.9. The van der Waals surface area contributed by atoms with Gasteiger partial charge in [-0.3, -0.25) is 9.59 Å². The molecule has 4 rings (SSSR count). The predicted molar refractivity (Wildman–Crippen MR) is 151 cm³/mol. The number of hydrogen-bond donors (Lipinski definition) is 1. The first kappa shape index (κ1) is 28.9. The van der Waals surface area contributed by atoms with Gasteiger partial charge < -0.3 is 19.6 Å². The lowest BCUT2D eigenvalue weighted by Gasteiger charge is -2.56. The topological polar surface area (TPSA) is 70.1 Å². The molecule has 2 aliphatic rings. The summed E-state index contributed by atoms with van der Waals surface area (Å²) >= 11 is 12.3. The lowest BCUT2D eigenvalue weighted by atomic mass is 9.56. The van der Waals surface area contributed by atoms with Crippen LogP contribution in [-0.4, -0.2) is 65.6 Å². The van der Waals surface area contributed by atoms with E-state index in [0.29, 0.717) is 28.8 Å². The van der Waals surface area contributed by atoms with Crippen molar-refractivity contribution in [1.29, 1.82) is 0 Å². The van der Waals surface area contributed by atoms with Gasteiger partial charge >= 0.3 is 5.97 Å². The van der Waals surface area contributed by atoms with Crippen molar-refractivity contribution in [3.05, 3.63) is 63.6 Å². The van der Waals surface area contributed by atoms with Crippen molar-refractivity contribution in [2.45, 2.75) is 64.0 Å². The average molecular weight is 562 g/mol. The van der Waals surface area contributed by atoms with Crippen LogP contribution < -0.4 is 4.74 Å². The molecule has 8 heteroatoms. The number of aliphatic hydroxyl groups excluding tert-OH is 1. The van der Waals surface area contributed by atoms with Crippen LogP contribution in [0, 0.1) is 11.8 Å². The number of ether oxygens (including phenoxy) is 1. The number of likely N-dealkylation sites (tertiary alicyclic amines) is 1. The molecule has 0 bridgehead atoms. The van der Waals surface area contributed by atoms with Gasteiger partial charge in [0.1, 0.15) is 5.75 Å². The standard InChI is InChI=1S/C30H38Cl2N2O4/c1-19(2)17-34(29(37)13-21-8-9-26(31)27(32)12-21)23-15-28(36)25-18-33(4)11-10-30(25,16-23)22-6-5-7-24(14-22)38-20(3)35/h5-9,12,14,19,23,25,28,36H,10-11,13,15-18H2,1-4H3. The minimum absolute atomic E-state index is 0.0103. The highest BCUT2D eigenvalue weighted by atomic mass is 35.5. The summed E-state index contributed by atoms with van der Waals surface area (Å²) in [7, 11) is 2.09. The zero-order chi connectivity index (χ0) is 27.6. The van der Waals surface area contributed by atoms with Crippen LogP contribution in [0.1, 0.15) is 51.2 Å². The van der Waals surface area contributed by atoms with Gasteiger partial charge in [0.2, 0.25) is 5.91 Å². The summed E-state index contributed by atoms with van der Waals surface area (Å²) in [6.07, 6.45) is 1.77. The van der Waals surface area contributed by atoms with E-state index in [1.165, 1.54) is 6.92 Å². The van der Waals surface area contributed by atoms with Crippen LogP contribution in [-0.2, 0) is 21.4 Å². The highest BCUT2D eigenvalue weighted by molar-refractivity contribution is 6.42. The molecule has 1 heterocycles. The largest absolute Gasteiger partial charge is 0.427 e. The molecule has 2 aromatic rings. The third-order valence-electron chi connectivity index (χ3n) is 8.07. The van der Waals surface area contributed by atoms with Crippen molar-refractivity contribution in [2.24, 2.45) is 11.8 Å². The van der Waals surface area contributed by atoms with Crippen LogP contribution in [0.3, 0.4) is 0 Å². The lowest BCUT2D eigenvalue weighted by Crippen LogP contribution is -2.61. The molecule has 1 amide bonds. The first-order chi connectivity index (χ1) is 18.0. The summed E-state index contributed by atoms with van der Waals surface area (Å²) in [6.45, 7) is 7.87. The molecule has 4 atom stereocenters. The quantitative estimate of drug-likeness (QED) is 0.364. The van der Waals surface area contributed by atoms with Crippen molar-refractivity contribution in [2.75, 3.05) is 26.7 Å². The molecule has 6 nitrogen and oxygen atoms in total. The maximum absolute atomic E-state index is 13.8. The summed E-state index contributed by atoms with van der Waals surface area (Å²) < 4.78 is 5.42. The van der Waals surface area contributed by atoms with E-state index in [0.717, 1.165) is 37.1 Å². The van der Waals surface area contributed by atoms with E-state index in [2.05, 4.69) is 31.9 Å². The number of piperidine rings is 1. The van der Waals surface area contributed by atoms with Gasteiger partial charge in [-0.05, 0) is 74.2 Å². The van der Waals surface area contributed by atoms with Crippen molar-refractivity contribution in [3.63, 3.8) is 0 Å². The van der Waals surface area contributed by atoms with Crippen LogP contribution in [0.25, 0.3) is 0 Å². The van der Waals surface area contributed by atoms with Crippen LogP contribution in [0.2, 0.25) is 10.0 Å². The summed E-state index contributed by atoms with van der Waals surface area (Å²) in [5.74, 6) is 0.439. The first-order valence-corrected chi connectivity index (χ1v) is 14.1.